The number of ether oxygens (including phenoxy) is 1. The summed E-state index contributed by atoms with van der Waals surface area (Å²) in [6, 6.07) is 2.81. The highest BCUT2D eigenvalue weighted by atomic mass is 35.5. The zero-order chi connectivity index (χ0) is 10.7. The number of phenols is 1. The van der Waals surface area contributed by atoms with Crippen LogP contribution in [-0.4, -0.2) is 18.6 Å². The van der Waals surface area contributed by atoms with Crippen LogP contribution in [0.2, 0.25) is 0 Å². The van der Waals surface area contributed by atoms with Crippen molar-refractivity contribution < 1.29 is 18.6 Å². The van der Waals surface area contributed by atoms with Gasteiger partial charge in [0.15, 0.2) is 11.5 Å². The second-order valence-electron chi connectivity index (χ2n) is 2.76. The number of hydrogen-bond donors (Lipinski definition) is 2. The van der Waals surface area contributed by atoms with Gasteiger partial charge in [-0.25, -0.2) is 8.78 Å². The highest BCUT2D eigenvalue weighted by Gasteiger charge is 2.22. The standard InChI is InChI=1S/C9H11F2NO2.ClH/c1-14-6-4-2-3-5(8(6)13)7(12)9(10)11;/h2-4,7,9,13H,12H2,1H3;1H/t7-;/m0./s1. The molecule has 0 bridgehead atoms. The van der Waals surface area contributed by atoms with Gasteiger partial charge in [0.05, 0.1) is 13.2 Å². The number of nitrogens with two attached hydrogens (primary N) is 1. The second-order valence-corrected chi connectivity index (χ2v) is 2.76. The molecule has 0 unspecified atom stereocenters. The van der Waals surface area contributed by atoms with Crippen LogP contribution in [0.1, 0.15) is 11.6 Å². The molecule has 0 aromatic heterocycles. The lowest BCUT2D eigenvalue weighted by atomic mass is 10.1. The molecule has 1 aromatic rings. The van der Waals surface area contributed by atoms with Crippen LogP contribution in [0, 0.1) is 0 Å². The lowest BCUT2D eigenvalue weighted by molar-refractivity contribution is 0.115. The molecule has 0 amide bonds. The summed E-state index contributed by atoms with van der Waals surface area (Å²) in [6.45, 7) is 0. The lowest BCUT2D eigenvalue weighted by Gasteiger charge is -2.14. The van der Waals surface area contributed by atoms with Gasteiger partial charge in [0.25, 0.3) is 6.43 Å². The summed E-state index contributed by atoms with van der Waals surface area (Å²) in [5.74, 6) is -0.193. The quantitative estimate of drug-likeness (QED) is 0.849. The van der Waals surface area contributed by atoms with Gasteiger partial charge < -0.3 is 15.6 Å². The van der Waals surface area contributed by atoms with Gasteiger partial charge in [-0.15, -0.1) is 12.4 Å². The molecule has 3 nitrogen and oxygen atoms in total. The number of aromatic hydroxyl groups is 1. The first-order chi connectivity index (χ1) is 6.57. The molecular formula is C9H12ClF2NO2. The van der Waals surface area contributed by atoms with E-state index in [1.54, 1.807) is 0 Å². The maximum atomic E-state index is 12.3. The molecule has 1 rings (SSSR count). The molecule has 15 heavy (non-hydrogen) atoms. The molecule has 0 spiro atoms. The van der Waals surface area contributed by atoms with Crippen molar-refractivity contribution in [3.05, 3.63) is 23.8 Å². The van der Waals surface area contributed by atoms with Crippen molar-refractivity contribution in [3.63, 3.8) is 0 Å². The summed E-state index contributed by atoms with van der Waals surface area (Å²) < 4.78 is 29.3. The SMILES string of the molecule is COc1cccc([C@H](N)C(F)F)c1O.Cl. The fourth-order valence-electron chi connectivity index (χ4n) is 1.11. The van der Waals surface area contributed by atoms with Crippen molar-refractivity contribution in [1.29, 1.82) is 0 Å². The Kier molecular flexibility index (Phi) is 5.32. The second kappa shape index (κ2) is 5.72. The Hall–Kier alpha value is -1.07. The van der Waals surface area contributed by atoms with Crippen LogP contribution in [0.15, 0.2) is 18.2 Å². The molecule has 0 aliphatic rings. The van der Waals surface area contributed by atoms with Gasteiger partial charge in [-0.2, -0.15) is 0 Å². The summed E-state index contributed by atoms with van der Waals surface area (Å²) >= 11 is 0. The maximum Gasteiger partial charge on any atom is 0.257 e. The molecule has 6 heteroatoms. The summed E-state index contributed by atoms with van der Waals surface area (Å²) in [6.07, 6.45) is -2.71. The first-order valence-electron chi connectivity index (χ1n) is 3.97. The predicted molar refractivity (Wildman–Crippen MR) is 54.8 cm³/mol. The molecule has 0 heterocycles. The van der Waals surface area contributed by atoms with Gasteiger partial charge >= 0.3 is 0 Å². The maximum absolute atomic E-state index is 12.3. The Balaban J connectivity index is 0.00000196. The van der Waals surface area contributed by atoms with E-state index < -0.39 is 12.5 Å². The molecule has 0 radical (unpaired) electrons. The van der Waals surface area contributed by atoms with Gasteiger partial charge in [0.1, 0.15) is 0 Å². The number of methoxy groups -OCH3 is 1. The Morgan fingerprint density at radius 2 is 2.00 bits per heavy atom. The molecule has 0 saturated heterocycles. The number of para-hydroxylation sites is 1. The van der Waals surface area contributed by atoms with Crippen molar-refractivity contribution in [2.24, 2.45) is 5.73 Å². The van der Waals surface area contributed by atoms with Crippen LogP contribution in [0.5, 0.6) is 11.5 Å². The first-order valence-corrected chi connectivity index (χ1v) is 3.97. The first kappa shape index (κ1) is 13.9. The highest BCUT2D eigenvalue weighted by molar-refractivity contribution is 5.85. The fraction of sp³-hybridized carbons (Fsp3) is 0.333. The van der Waals surface area contributed by atoms with E-state index in [0.29, 0.717) is 0 Å². The van der Waals surface area contributed by atoms with Crippen molar-refractivity contribution >= 4 is 12.4 Å². The number of alkyl halides is 2. The largest absolute Gasteiger partial charge is 0.504 e. The Morgan fingerprint density at radius 3 is 2.47 bits per heavy atom. The van der Waals surface area contributed by atoms with Crippen molar-refractivity contribution in [3.8, 4) is 11.5 Å². The monoisotopic (exact) mass is 239 g/mol. The third-order valence-corrected chi connectivity index (χ3v) is 1.88. The van der Waals surface area contributed by atoms with Crippen LogP contribution in [0.4, 0.5) is 8.78 Å². The minimum atomic E-state index is -2.71. The number of hydrogen-bond acceptors (Lipinski definition) is 3. The third kappa shape index (κ3) is 2.94. The molecule has 0 aliphatic carbocycles. The van der Waals surface area contributed by atoms with Crippen LogP contribution < -0.4 is 10.5 Å². The highest BCUT2D eigenvalue weighted by Crippen LogP contribution is 2.34. The van der Waals surface area contributed by atoms with Crippen molar-refractivity contribution in [1.82, 2.24) is 0 Å². The molecule has 0 aliphatic heterocycles. The van der Waals surface area contributed by atoms with E-state index in [1.807, 2.05) is 0 Å². The minimum Gasteiger partial charge on any atom is -0.504 e. The van der Waals surface area contributed by atoms with E-state index in [4.69, 9.17) is 10.5 Å². The predicted octanol–water partition coefficient (Wildman–Crippen LogP) is 2.09. The van der Waals surface area contributed by atoms with Crippen LogP contribution in [-0.2, 0) is 0 Å². The fourth-order valence-corrected chi connectivity index (χ4v) is 1.11. The van der Waals surface area contributed by atoms with E-state index in [1.165, 1.54) is 25.3 Å². The normalized spacial score (nSPS) is 12.1. The van der Waals surface area contributed by atoms with E-state index in [2.05, 4.69) is 0 Å². The summed E-state index contributed by atoms with van der Waals surface area (Å²) in [4.78, 5) is 0. The average molecular weight is 240 g/mol. The molecule has 1 aromatic carbocycles. The van der Waals surface area contributed by atoms with Gasteiger partial charge in [-0.05, 0) is 6.07 Å². The Labute approximate surface area is 92.3 Å². The van der Waals surface area contributed by atoms with Crippen LogP contribution in [0.25, 0.3) is 0 Å². The number of halogens is 3. The van der Waals surface area contributed by atoms with Gasteiger partial charge in [-0.1, -0.05) is 12.1 Å². The number of phenolic OH excluding ortho intramolecular Hbond substituents is 1. The summed E-state index contributed by atoms with van der Waals surface area (Å²) in [7, 11) is 1.34. The molecule has 1 atom stereocenters. The third-order valence-electron chi connectivity index (χ3n) is 1.88. The lowest BCUT2D eigenvalue weighted by Crippen LogP contribution is -2.19. The Morgan fingerprint density at radius 1 is 1.40 bits per heavy atom. The van der Waals surface area contributed by atoms with Crippen LogP contribution >= 0.6 is 12.4 Å². The smallest absolute Gasteiger partial charge is 0.257 e. The van der Waals surface area contributed by atoms with E-state index in [-0.39, 0.29) is 29.5 Å². The topological polar surface area (TPSA) is 55.5 Å². The number of benzene rings is 1. The van der Waals surface area contributed by atoms with Gasteiger partial charge in [-0.3, -0.25) is 0 Å². The summed E-state index contributed by atoms with van der Waals surface area (Å²) in [5.41, 5.74) is 5.18. The van der Waals surface area contributed by atoms with Crippen LogP contribution in [0.3, 0.4) is 0 Å². The molecule has 3 N–H and O–H groups in total. The molecule has 86 valence electrons. The van der Waals surface area contributed by atoms with Crippen molar-refractivity contribution in [2.45, 2.75) is 12.5 Å². The van der Waals surface area contributed by atoms with E-state index in [0.717, 1.165) is 0 Å². The zero-order valence-electron chi connectivity index (χ0n) is 7.98. The Bertz CT molecular complexity index is 323. The van der Waals surface area contributed by atoms with Gasteiger partial charge in [0.2, 0.25) is 0 Å². The van der Waals surface area contributed by atoms with Gasteiger partial charge in [0, 0.05) is 5.56 Å². The van der Waals surface area contributed by atoms with E-state index >= 15 is 0 Å². The molecule has 0 saturated carbocycles. The molecule has 0 fully saturated rings. The van der Waals surface area contributed by atoms with Crippen molar-refractivity contribution in [2.75, 3.05) is 7.11 Å². The minimum absolute atomic E-state index is 0. The molecular weight excluding hydrogens is 228 g/mol. The zero-order valence-corrected chi connectivity index (χ0v) is 8.80. The number of rotatable bonds is 3. The average Bonchev–Trinajstić information content (AvgIpc) is 2.17. The van der Waals surface area contributed by atoms with E-state index in [9.17, 15) is 13.9 Å². The summed E-state index contributed by atoms with van der Waals surface area (Å²) in [5, 5.41) is 9.47.